The van der Waals surface area contributed by atoms with Crippen LogP contribution in [0.25, 0.3) is 0 Å². The number of carbonyl (C=O) groups is 1. The summed E-state index contributed by atoms with van der Waals surface area (Å²) >= 11 is 0. The Kier molecular flexibility index (Phi) is 2.82. The molecule has 86 valence electrons. The van der Waals surface area contributed by atoms with Gasteiger partial charge in [-0.2, -0.15) is 14.8 Å². The van der Waals surface area contributed by atoms with Crippen LogP contribution in [0.3, 0.4) is 0 Å². The van der Waals surface area contributed by atoms with Gasteiger partial charge in [0.1, 0.15) is 6.33 Å². The van der Waals surface area contributed by atoms with Crippen LogP contribution in [-0.4, -0.2) is 31.6 Å². The number of benzene rings is 1. The Bertz CT molecular complexity index is 561. The summed E-state index contributed by atoms with van der Waals surface area (Å²) in [5.41, 5.74) is 5.85. The number of hydrogen-bond donors (Lipinski definition) is 2. The molecule has 0 atom stereocenters. The van der Waals surface area contributed by atoms with Crippen molar-refractivity contribution in [2.45, 2.75) is 0 Å². The number of aromatic nitrogens is 3. The fourth-order valence-electron chi connectivity index (χ4n) is 1.32. The summed E-state index contributed by atoms with van der Waals surface area (Å²) in [5.74, 6) is -0.821. The van der Waals surface area contributed by atoms with E-state index in [-0.39, 0.29) is 11.8 Å². The average Bonchev–Trinajstić information content (AvgIpc) is 2.78. The molecule has 0 fully saturated rings. The van der Waals surface area contributed by atoms with Gasteiger partial charge in [-0.05, 0) is 0 Å². The maximum Gasteiger partial charge on any atom is 0.244 e. The van der Waals surface area contributed by atoms with Crippen LogP contribution in [0.5, 0.6) is 0 Å². The third-order valence-electron chi connectivity index (χ3n) is 2.11. The monoisotopic (exact) mass is 231 g/mol. The van der Waals surface area contributed by atoms with Crippen molar-refractivity contribution in [3.8, 4) is 0 Å². The molecule has 0 aliphatic heterocycles. The van der Waals surface area contributed by atoms with Gasteiger partial charge in [-0.1, -0.05) is 35.5 Å². The SMILES string of the molecule is Nc1ncnn1/C(=N/O)C(=O)c1ccccc1. The zero-order chi connectivity index (χ0) is 12.3. The first-order chi connectivity index (χ1) is 8.24. The fraction of sp³-hybridized carbons (Fsp3) is 0. The Labute approximate surface area is 96.2 Å². The first kappa shape index (κ1) is 10.8. The molecule has 0 radical (unpaired) electrons. The third kappa shape index (κ3) is 1.98. The Balaban J connectivity index is 2.40. The zero-order valence-electron chi connectivity index (χ0n) is 8.69. The topological polar surface area (TPSA) is 106 Å². The summed E-state index contributed by atoms with van der Waals surface area (Å²) < 4.78 is 0.968. The molecule has 1 aromatic heterocycles. The van der Waals surface area contributed by atoms with Gasteiger partial charge in [0.15, 0.2) is 0 Å². The maximum atomic E-state index is 12.0. The number of Topliss-reactive ketones (excluding diaryl/α,β-unsaturated/α-hetero) is 1. The summed E-state index contributed by atoms with van der Waals surface area (Å²) in [6, 6.07) is 8.37. The van der Waals surface area contributed by atoms with Crippen molar-refractivity contribution in [3.05, 3.63) is 42.2 Å². The van der Waals surface area contributed by atoms with E-state index in [0.717, 1.165) is 4.68 Å². The largest absolute Gasteiger partial charge is 0.409 e. The number of ketones is 1. The van der Waals surface area contributed by atoms with E-state index in [1.807, 2.05) is 0 Å². The van der Waals surface area contributed by atoms with E-state index in [0.29, 0.717) is 5.56 Å². The number of nitrogen functional groups attached to an aromatic ring is 1. The second kappa shape index (κ2) is 4.44. The van der Waals surface area contributed by atoms with Gasteiger partial charge >= 0.3 is 0 Å². The number of anilines is 1. The molecular formula is C10H9N5O2. The predicted octanol–water partition coefficient (Wildman–Crippen LogP) is 0.379. The van der Waals surface area contributed by atoms with Crippen molar-refractivity contribution in [1.29, 1.82) is 0 Å². The van der Waals surface area contributed by atoms with E-state index in [1.165, 1.54) is 6.33 Å². The molecule has 0 bridgehead atoms. The highest BCUT2D eigenvalue weighted by atomic mass is 16.4. The molecule has 2 aromatic rings. The number of hydrogen-bond acceptors (Lipinski definition) is 6. The molecule has 7 nitrogen and oxygen atoms in total. The quantitative estimate of drug-likeness (QED) is 0.255. The minimum Gasteiger partial charge on any atom is -0.409 e. The van der Waals surface area contributed by atoms with Crippen LogP contribution in [0.15, 0.2) is 41.8 Å². The van der Waals surface area contributed by atoms with E-state index in [1.54, 1.807) is 30.3 Å². The standard InChI is InChI=1S/C10H9N5O2/c11-10-12-6-13-15(10)9(14-17)8(16)7-4-2-1-3-5-7/h1-6,17H,(H2,11,12,13)/b14-9+. The van der Waals surface area contributed by atoms with Gasteiger partial charge in [0.05, 0.1) is 0 Å². The molecule has 0 saturated heterocycles. The van der Waals surface area contributed by atoms with Crippen LogP contribution in [0, 0.1) is 0 Å². The Morgan fingerprint density at radius 2 is 2.06 bits per heavy atom. The van der Waals surface area contributed by atoms with Crippen molar-refractivity contribution in [2.75, 3.05) is 5.73 Å². The zero-order valence-corrected chi connectivity index (χ0v) is 8.69. The van der Waals surface area contributed by atoms with E-state index in [9.17, 15) is 4.79 Å². The molecule has 7 heteroatoms. The highest BCUT2D eigenvalue weighted by molar-refractivity contribution is 6.45. The van der Waals surface area contributed by atoms with Crippen molar-refractivity contribution in [1.82, 2.24) is 14.8 Å². The molecule has 0 amide bonds. The molecule has 1 heterocycles. The first-order valence-electron chi connectivity index (χ1n) is 4.71. The summed E-state index contributed by atoms with van der Waals surface area (Å²) in [5, 5.41) is 15.5. The van der Waals surface area contributed by atoms with Gasteiger partial charge < -0.3 is 10.9 Å². The number of nitrogens with zero attached hydrogens (tertiary/aromatic N) is 4. The molecule has 0 saturated carbocycles. The Morgan fingerprint density at radius 3 is 2.59 bits per heavy atom. The summed E-state index contributed by atoms with van der Waals surface area (Å²) in [7, 11) is 0. The van der Waals surface area contributed by atoms with Crippen LogP contribution in [0.2, 0.25) is 0 Å². The van der Waals surface area contributed by atoms with Crippen molar-refractivity contribution >= 4 is 17.6 Å². The lowest BCUT2D eigenvalue weighted by atomic mass is 10.1. The molecule has 0 unspecified atom stereocenters. The van der Waals surface area contributed by atoms with Gasteiger partial charge in [-0.15, -0.1) is 0 Å². The van der Waals surface area contributed by atoms with Crippen LogP contribution >= 0.6 is 0 Å². The molecule has 1 aromatic carbocycles. The third-order valence-corrected chi connectivity index (χ3v) is 2.11. The van der Waals surface area contributed by atoms with Crippen LogP contribution in [0.4, 0.5) is 5.95 Å². The number of carbonyl (C=O) groups excluding carboxylic acids is 1. The smallest absolute Gasteiger partial charge is 0.244 e. The Hall–Kier alpha value is -2.70. The van der Waals surface area contributed by atoms with Crippen LogP contribution < -0.4 is 5.73 Å². The van der Waals surface area contributed by atoms with Crippen molar-refractivity contribution in [3.63, 3.8) is 0 Å². The minimum atomic E-state index is -0.495. The fourth-order valence-corrected chi connectivity index (χ4v) is 1.32. The summed E-state index contributed by atoms with van der Waals surface area (Å²) in [6.07, 6.45) is 1.17. The lowest BCUT2D eigenvalue weighted by Crippen LogP contribution is -2.25. The highest BCUT2D eigenvalue weighted by Crippen LogP contribution is 2.04. The average molecular weight is 231 g/mol. The number of oxime groups is 1. The molecule has 3 N–H and O–H groups in total. The van der Waals surface area contributed by atoms with E-state index >= 15 is 0 Å². The van der Waals surface area contributed by atoms with E-state index in [4.69, 9.17) is 10.9 Å². The normalized spacial score (nSPS) is 11.4. The lowest BCUT2D eigenvalue weighted by molar-refractivity contribution is 0.105. The lowest BCUT2D eigenvalue weighted by Gasteiger charge is -2.03. The summed E-state index contributed by atoms with van der Waals surface area (Å²) in [6.45, 7) is 0. The highest BCUT2D eigenvalue weighted by Gasteiger charge is 2.19. The second-order valence-corrected chi connectivity index (χ2v) is 3.15. The van der Waals surface area contributed by atoms with Gasteiger partial charge in [-0.3, -0.25) is 4.79 Å². The van der Waals surface area contributed by atoms with Gasteiger partial charge in [0, 0.05) is 5.56 Å². The number of rotatable bonds is 2. The Morgan fingerprint density at radius 1 is 1.35 bits per heavy atom. The van der Waals surface area contributed by atoms with E-state index in [2.05, 4.69) is 15.2 Å². The van der Waals surface area contributed by atoms with Crippen molar-refractivity contribution in [2.24, 2.45) is 5.16 Å². The minimum absolute atomic E-state index is 0.0259. The maximum absolute atomic E-state index is 12.0. The van der Waals surface area contributed by atoms with Gasteiger partial charge in [-0.25, -0.2) is 0 Å². The second-order valence-electron chi connectivity index (χ2n) is 3.15. The van der Waals surface area contributed by atoms with Crippen LogP contribution in [0.1, 0.15) is 10.4 Å². The van der Waals surface area contributed by atoms with Crippen LogP contribution in [-0.2, 0) is 0 Å². The van der Waals surface area contributed by atoms with E-state index < -0.39 is 5.78 Å². The molecule has 0 aliphatic carbocycles. The summed E-state index contributed by atoms with van der Waals surface area (Å²) in [4.78, 5) is 15.6. The molecule has 2 rings (SSSR count). The molecule has 17 heavy (non-hydrogen) atoms. The molecular weight excluding hydrogens is 222 g/mol. The first-order valence-corrected chi connectivity index (χ1v) is 4.71. The molecule has 0 spiro atoms. The number of nitrogens with two attached hydrogens (primary N) is 1. The predicted molar refractivity (Wildman–Crippen MR) is 59.8 cm³/mol. The van der Waals surface area contributed by atoms with Gasteiger partial charge in [0.25, 0.3) is 0 Å². The van der Waals surface area contributed by atoms with Gasteiger partial charge in [0.2, 0.25) is 17.6 Å². The van der Waals surface area contributed by atoms with Crippen molar-refractivity contribution < 1.29 is 10.0 Å². The molecule has 0 aliphatic rings.